The Bertz CT molecular complexity index is 655. The lowest BCUT2D eigenvalue weighted by molar-refractivity contribution is 0.318. The Balaban J connectivity index is 2.33. The first-order valence-electron chi connectivity index (χ1n) is 6.42. The monoisotopic (exact) mass is 288 g/mol. The van der Waals surface area contributed by atoms with Crippen molar-refractivity contribution in [3.8, 4) is 0 Å². The number of amidine groups is 1. The Morgan fingerprint density at radius 2 is 2.00 bits per heavy atom. The molecule has 0 saturated carbocycles. The Morgan fingerprint density at radius 3 is 2.62 bits per heavy atom. The van der Waals surface area contributed by atoms with Gasteiger partial charge in [0.05, 0.1) is 5.56 Å². The zero-order valence-corrected chi connectivity index (χ0v) is 11.9. The number of pyridine rings is 1. The van der Waals surface area contributed by atoms with Crippen LogP contribution in [0.4, 0.5) is 10.2 Å². The highest BCUT2D eigenvalue weighted by Crippen LogP contribution is 2.21. The van der Waals surface area contributed by atoms with Crippen LogP contribution < -0.4 is 10.6 Å². The lowest BCUT2D eigenvalue weighted by Gasteiger charge is -2.22. The zero-order chi connectivity index (χ0) is 15.4. The van der Waals surface area contributed by atoms with Crippen LogP contribution in [0.2, 0.25) is 0 Å². The van der Waals surface area contributed by atoms with Crippen molar-refractivity contribution in [2.24, 2.45) is 10.9 Å². The molecule has 0 bridgehead atoms. The maximum atomic E-state index is 12.9. The third-order valence-corrected chi connectivity index (χ3v) is 3.20. The lowest BCUT2D eigenvalue weighted by Crippen LogP contribution is -2.24. The summed E-state index contributed by atoms with van der Waals surface area (Å²) in [6, 6.07) is 8.05. The van der Waals surface area contributed by atoms with E-state index in [9.17, 15) is 4.39 Å². The fourth-order valence-corrected chi connectivity index (χ4v) is 2.14. The van der Waals surface area contributed by atoms with E-state index in [-0.39, 0.29) is 11.7 Å². The van der Waals surface area contributed by atoms with Gasteiger partial charge in [-0.1, -0.05) is 17.3 Å². The summed E-state index contributed by atoms with van der Waals surface area (Å²) < 4.78 is 12.9. The number of nitrogens with zero attached hydrogens (tertiary/aromatic N) is 3. The van der Waals surface area contributed by atoms with E-state index in [1.807, 2.05) is 18.9 Å². The number of hydrogen-bond acceptors (Lipinski definition) is 4. The third kappa shape index (κ3) is 3.28. The van der Waals surface area contributed by atoms with Crippen molar-refractivity contribution in [3.05, 3.63) is 59.0 Å². The van der Waals surface area contributed by atoms with E-state index in [2.05, 4.69) is 10.1 Å². The summed E-state index contributed by atoms with van der Waals surface area (Å²) in [4.78, 5) is 6.17. The van der Waals surface area contributed by atoms with Gasteiger partial charge in [-0.3, -0.25) is 0 Å². The van der Waals surface area contributed by atoms with Crippen LogP contribution in [0.5, 0.6) is 0 Å². The molecule has 0 atom stereocenters. The van der Waals surface area contributed by atoms with E-state index in [0.717, 1.165) is 11.1 Å². The van der Waals surface area contributed by atoms with Gasteiger partial charge >= 0.3 is 0 Å². The number of anilines is 1. The van der Waals surface area contributed by atoms with Crippen LogP contribution in [0.15, 0.2) is 41.7 Å². The van der Waals surface area contributed by atoms with Crippen molar-refractivity contribution in [3.63, 3.8) is 0 Å². The highest BCUT2D eigenvalue weighted by Gasteiger charge is 2.15. The smallest absolute Gasteiger partial charge is 0.174 e. The molecule has 1 heterocycles. The maximum absolute atomic E-state index is 12.9. The first-order chi connectivity index (χ1) is 10.0. The molecule has 3 N–H and O–H groups in total. The average molecular weight is 288 g/mol. The molecule has 0 aliphatic rings. The molecule has 0 aliphatic heterocycles. The van der Waals surface area contributed by atoms with Gasteiger partial charge in [0.1, 0.15) is 11.6 Å². The molecule has 1 aromatic heterocycles. The van der Waals surface area contributed by atoms with Gasteiger partial charge in [0.25, 0.3) is 0 Å². The molecule has 2 aromatic rings. The van der Waals surface area contributed by atoms with Gasteiger partial charge in [0, 0.05) is 19.8 Å². The number of rotatable bonds is 4. The molecule has 0 aliphatic carbocycles. The van der Waals surface area contributed by atoms with Gasteiger partial charge in [0.15, 0.2) is 5.84 Å². The molecule has 0 spiro atoms. The Labute approximate surface area is 122 Å². The van der Waals surface area contributed by atoms with Crippen LogP contribution in [-0.4, -0.2) is 23.1 Å². The normalized spacial score (nSPS) is 11.5. The number of benzene rings is 1. The summed E-state index contributed by atoms with van der Waals surface area (Å²) in [5.41, 5.74) is 8.12. The predicted octanol–water partition coefficient (Wildman–Crippen LogP) is 2.26. The largest absolute Gasteiger partial charge is 0.409 e. The van der Waals surface area contributed by atoms with Crippen LogP contribution in [-0.2, 0) is 6.54 Å². The highest BCUT2D eigenvalue weighted by molar-refractivity contribution is 6.02. The molecule has 5 nitrogen and oxygen atoms in total. The molecule has 0 unspecified atom stereocenters. The maximum Gasteiger partial charge on any atom is 0.174 e. The van der Waals surface area contributed by atoms with Crippen LogP contribution >= 0.6 is 0 Å². The fraction of sp³-hybridized carbons (Fsp3) is 0.200. The lowest BCUT2D eigenvalue weighted by atomic mass is 10.1. The molecule has 21 heavy (non-hydrogen) atoms. The Hall–Kier alpha value is -2.63. The van der Waals surface area contributed by atoms with Gasteiger partial charge in [-0.15, -0.1) is 0 Å². The fourth-order valence-electron chi connectivity index (χ4n) is 2.14. The van der Waals surface area contributed by atoms with E-state index in [0.29, 0.717) is 17.9 Å². The molecular formula is C15H17FN4O. The minimum absolute atomic E-state index is 0.0153. The van der Waals surface area contributed by atoms with Crippen molar-refractivity contribution >= 4 is 11.7 Å². The van der Waals surface area contributed by atoms with Gasteiger partial charge in [-0.25, -0.2) is 9.37 Å². The molecular weight excluding hydrogens is 271 g/mol. The first kappa shape index (κ1) is 14.8. The SMILES string of the molecule is Cc1ccnc(N(C)Cc2ccc(F)cc2)c1/C(N)=N/O. The van der Waals surface area contributed by atoms with Crippen LogP contribution in [0.3, 0.4) is 0 Å². The number of oxime groups is 1. The quantitative estimate of drug-likeness (QED) is 0.392. The second kappa shape index (κ2) is 6.21. The van der Waals surface area contributed by atoms with Crippen molar-refractivity contribution in [1.29, 1.82) is 0 Å². The molecule has 1 aromatic carbocycles. The van der Waals surface area contributed by atoms with Crippen LogP contribution in [0, 0.1) is 12.7 Å². The molecule has 0 fully saturated rings. The second-order valence-corrected chi connectivity index (χ2v) is 4.79. The summed E-state index contributed by atoms with van der Waals surface area (Å²) in [6.45, 7) is 2.40. The summed E-state index contributed by atoms with van der Waals surface area (Å²) in [5.74, 6) is 0.351. The standard InChI is InChI=1S/C15H17FN4O/c1-10-7-8-18-15(13(10)14(17)19-21)20(2)9-11-3-5-12(16)6-4-11/h3-8,21H,9H2,1-2H3,(H2,17,19). The van der Waals surface area contributed by atoms with Gasteiger partial charge in [-0.2, -0.15) is 0 Å². The Morgan fingerprint density at radius 1 is 1.33 bits per heavy atom. The number of aromatic nitrogens is 1. The van der Waals surface area contributed by atoms with E-state index in [4.69, 9.17) is 10.9 Å². The molecule has 110 valence electrons. The summed E-state index contributed by atoms with van der Waals surface area (Å²) >= 11 is 0. The Kier molecular flexibility index (Phi) is 4.37. The topological polar surface area (TPSA) is 74.7 Å². The second-order valence-electron chi connectivity index (χ2n) is 4.79. The molecule has 0 radical (unpaired) electrons. The minimum Gasteiger partial charge on any atom is -0.409 e. The molecule has 0 saturated heterocycles. The molecule has 2 rings (SSSR count). The predicted molar refractivity (Wildman–Crippen MR) is 80.0 cm³/mol. The zero-order valence-electron chi connectivity index (χ0n) is 11.9. The van der Waals surface area contributed by atoms with Gasteiger partial charge in [-0.05, 0) is 36.2 Å². The summed E-state index contributed by atoms with van der Waals surface area (Å²) in [7, 11) is 1.85. The van der Waals surface area contributed by atoms with Crippen molar-refractivity contribution in [2.45, 2.75) is 13.5 Å². The van der Waals surface area contributed by atoms with Crippen molar-refractivity contribution in [1.82, 2.24) is 4.98 Å². The van der Waals surface area contributed by atoms with Crippen LogP contribution in [0.1, 0.15) is 16.7 Å². The number of halogens is 1. The number of nitrogens with two attached hydrogens (primary N) is 1. The van der Waals surface area contributed by atoms with Crippen LogP contribution in [0.25, 0.3) is 0 Å². The molecule has 6 heteroatoms. The molecule has 0 amide bonds. The van der Waals surface area contributed by atoms with Crippen molar-refractivity contribution in [2.75, 3.05) is 11.9 Å². The van der Waals surface area contributed by atoms with E-state index >= 15 is 0 Å². The summed E-state index contributed by atoms with van der Waals surface area (Å²) in [6.07, 6.45) is 1.67. The van der Waals surface area contributed by atoms with E-state index in [1.165, 1.54) is 12.1 Å². The number of hydrogen-bond donors (Lipinski definition) is 2. The highest BCUT2D eigenvalue weighted by atomic mass is 19.1. The van der Waals surface area contributed by atoms with Gasteiger partial charge in [0.2, 0.25) is 0 Å². The first-order valence-corrected chi connectivity index (χ1v) is 6.42. The van der Waals surface area contributed by atoms with Crippen molar-refractivity contribution < 1.29 is 9.60 Å². The van der Waals surface area contributed by atoms with E-state index in [1.54, 1.807) is 24.4 Å². The minimum atomic E-state index is -0.271. The number of aryl methyl sites for hydroxylation is 1. The third-order valence-electron chi connectivity index (χ3n) is 3.20. The van der Waals surface area contributed by atoms with Gasteiger partial charge < -0.3 is 15.8 Å². The van der Waals surface area contributed by atoms with E-state index < -0.39 is 0 Å². The summed E-state index contributed by atoms with van der Waals surface area (Å²) in [5, 5.41) is 12.0. The average Bonchev–Trinajstić information content (AvgIpc) is 2.48.